The van der Waals surface area contributed by atoms with Gasteiger partial charge in [-0.3, -0.25) is 4.68 Å². The lowest BCUT2D eigenvalue weighted by Gasteiger charge is -1.99. The van der Waals surface area contributed by atoms with Gasteiger partial charge >= 0.3 is 0 Å². The molecule has 88 valence electrons. The number of nitrogens with zero attached hydrogens (tertiary/aromatic N) is 2. The predicted octanol–water partition coefficient (Wildman–Crippen LogP) is 1.97. The van der Waals surface area contributed by atoms with Crippen LogP contribution in [0, 0.1) is 0 Å². The Bertz CT molecular complexity index is 402. The minimum Gasteiger partial charge on any atom is -0.394 e. The molecule has 16 heavy (non-hydrogen) atoms. The Morgan fingerprint density at radius 2 is 2.38 bits per heavy atom. The van der Waals surface area contributed by atoms with Crippen molar-refractivity contribution in [1.29, 1.82) is 0 Å². The molecule has 0 aromatic carbocycles. The molecule has 0 unspecified atom stereocenters. The van der Waals surface area contributed by atoms with Gasteiger partial charge in [-0.15, -0.1) is 23.7 Å². The van der Waals surface area contributed by atoms with Crippen molar-refractivity contribution in [3.8, 4) is 0 Å². The third-order valence-electron chi connectivity index (χ3n) is 2.01. The van der Waals surface area contributed by atoms with Gasteiger partial charge in [0.1, 0.15) is 0 Å². The molecule has 0 spiro atoms. The largest absolute Gasteiger partial charge is 0.394 e. The Morgan fingerprint density at radius 3 is 3.06 bits per heavy atom. The summed E-state index contributed by atoms with van der Waals surface area (Å²) >= 11 is 1.73. The molecular formula is C10H14ClN3OS. The van der Waals surface area contributed by atoms with E-state index in [-0.39, 0.29) is 19.0 Å². The van der Waals surface area contributed by atoms with E-state index in [1.807, 2.05) is 12.3 Å². The number of hydrogen-bond donors (Lipinski definition) is 2. The van der Waals surface area contributed by atoms with Gasteiger partial charge in [-0.25, -0.2) is 0 Å². The Labute approximate surface area is 104 Å². The van der Waals surface area contributed by atoms with Crippen molar-refractivity contribution in [2.45, 2.75) is 13.1 Å². The van der Waals surface area contributed by atoms with E-state index in [0.717, 1.165) is 12.2 Å². The highest BCUT2D eigenvalue weighted by Gasteiger charge is 1.98. The monoisotopic (exact) mass is 259 g/mol. The molecule has 0 radical (unpaired) electrons. The molecular weight excluding hydrogens is 246 g/mol. The second kappa shape index (κ2) is 6.52. The fourth-order valence-corrected chi connectivity index (χ4v) is 1.93. The number of nitrogens with one attached hydrogen (secondary N) is 1. The van der Waals surface area contributed by atoms with E-state index in [4.69, 9.17) is 5.11 Å². The van der Waals surface area contributed by atoms with Crippen molar-refractivity contribution in [2.24, 2.45) is 0 Å². The number of halogens is 1. The summed E-state index contributed by atoms with van der Waals surface area (Å²) in [6.45, 7) is 1.48. The van der Waals surface area contributed by atoms with E-state index in [1.54, 1.807) is 22.2 Å². The second-order valence-electron chi connectivity index (χ2n) is 3.15. The molecule has 2 aromatic rings. The van der Waals surface area contributed by atoms with Gasteiger partial charge in [0, 0.05) is 17.6 Å². The number of aliphatic hydroxyl groups excluding tert-OH is 1. The smallest absolute Gasteiger partial charge is 0.0729 e. The zero-order valence-electron chi connectivity index (χ0n) is 8.67. The van der Waals surface area contributed by atoms with E-state index in [0.29, 0.717) is 6.54 Å². The first-order valence-electron chi connectivity index (χ1n) is 4.78. The van der Waals surface area contributed by atoms with Gasteiger partial charge < -0.3 is 10.4 Å². The highest BCUT2D eigenvalue weighted by Crippen LogP contribution is 2.12. The van der Waals surface area contributed by atoms with Crippen LogP contribution < -0.4 is 5.32 Å². The Morgan fingerprint density at radius 1 is 1.50 bits per heavy atom. The third kappa shape index (κ3) is 3.52. The first-order valence-corrected chi connectivity index (χ1v) is 5.66. The van der Waals surface area contributed by atoms with Gasteiger partial charge in [0.15, 0.2) is 0 Å². The summed E-state index contributed by atoms with van der Waals surface area (Å²) in [5.41, 5.74) is 0.983. The summed E-state index contributed by atoms with van der Waals surface area (Å²) < 4.78 is 1.72. The lowest BCUT2D eigenvalue weighted by molar-refractivity contribution is 0.269. The Balaban J connectivity index is 0.00000128. The lowest BCUT2D eigenvalue weighted by Crippen LogP contribution is -2.01. The average Bonchev–Trinajstić information content (AvgIpc) is 2.85. The summed E-state index contributed by atoms with van der Waals surface area (Å²) in [7, 11) is 0. The molecule has 0 bridgehead atoms. The van der Waals surface area contributed by atoms with E-state index < -0.39 is 0 Å². The van der Waals surface area contributed by atoms with Crippen LogP contribution in [0.4, 0.5) is 5.69 Å². The number of anilines is 1. The zero-order valence-corrected chi connectivity index (χ0v) is 10.3. The van der Waals surface area contributed by atoms with Gasteiger partial charge in [-0.1, -0.05) is 6.07 Å². The normalized spacial score (nSPS) is 9.81. The summed E-state index contributed by atoms with van der Waals surface area (Å²) in [4.78, 5) is 1.30. The van der Waals surface area contributed by atoms with Gasteiger partial charge in [-0.05, 0) is 11.4 Å². The van der Waals surface area contributed by atoms with E-state index in [1.165, 1.54) is 4.88 Å². The highest BCUT2D eigenvalue weighted by atomic mass is 35.5. The Kier molecular flexibility index (Phi) is 5.31. The maximum Gasteiger partial charge on any atom is 0.0729 e. The van der Waals surface area contributed by atoms with Gasteiger partial charge in [0.05, 0.1) is 25.0 Å². The fraction of sp³-hybridized carbons (Fsp3) is 0.300. The standard InChI is InChI=1S/C10H13N3OS.ClH/c14-4-3-13-8-9(6-12-13)11-7-10-2-1-5-15-10;/h1-2,5-6,8,11,14H,3-4,7H2;1H. The topological polar surface area (TPSA) is 50.1 Å². The lowest BCUT2D eigenvalue weighted by atomic mass is 10.4. The Hall–Kier alpha value is -1.04. The summed E-state index contributed by atoms with van der Waals surface area (Å²) in [5.74, 6) is 0. The molecule has 2 aromatic heterocycles. The number of thiophene rings is 1. The number of aromatic nitrogens is 2. The summed E-state index contributed by atoms with van der Waals surface area (Å²) in [5, 5.41) is 18.2. The SMILES string of the molecule is Cl.OCCn1cc(NCc2cccs2)cn1. The van der Waals surface area contributed by atoms with Crippen molar-refractivity contribution in [3.05, 3.63) is 34.8 Å². The molecule has 2 rings (SSSR count). The van der Waals surface area contributed by atoms with Crippen molar-refractivity contribution < 1.29 is 5.11 Å². The third-order valence-corrected chi connectivity index (χ3v) is 2.89. The first kappa shape index (κ1) is 13.0. The van der Waals surface area contributed by atoms with Crippen LogP contribution in [0.2, 0.25) is 0 Å². The van der Waals surface area contributed by atoms with Crippen molar-refractivity contribution in [3.63, 3.8) is 0 Å². The van der Waals surface area contributed by atoms with Crippen LogP contribution >= 0.6 is 23.7 Å². The minimum absolute atomic E-state index is 0. The van der Waals surface area contributed by atoms with Crippen molar-refractivity contribution in [1.82, 2.24) is 9.78 Å². The number of hydrogen-bond acceptors (Lipinski definition) is 4. The summed E-state index contributed by atoms with van der Waals surface area (Å²) in [6.07, 6.45) is 3.66. The summed E-state index contributed by atoms with van der Waals surface area (Å²) in [6, 6.07) is 4.13. The van der Waals surface area contributed by atoms with Gasteiger partial charge in [0.25, 0.3) is 0 Å². The molecule has 2 N–H and O–H groups in total. The van der Waals surface area contributed by atoms with Gasteiger partial charge in [0.2, 0.25) is 0 Å². The van der Waals surface area contributed by atoms with E-state index in [2.05, 4.69) is 21.9 Å². The van der Waals surface area contributed by atoms with Crippen molar-refractivity contribution in [2.75, 3.05) is 11.9 Å². The zero-order chi connectivity index (χ0) is 10.5. The van der Waals surface area contributed by atoms with Crippen LogP contribution in [0.5, 0.6) is 0 Å². The number of rotatable bonds is 5. The van der Waals surface area contributed by atoms with E-state index >= 15 is 0 Å². The molecule has 0 aliphatic heterocycles. The minimum atomic E-state index is 0. The highest BCUT2D eigenvalue weighted by molar-refractivity contribution is 7.09. The average molecular weight is 260 g/mol. The van der Waals surface area contributed by atoms with Crippen LogP contribution in [0.1, 0.15) is 4.88 Å². The fourth-order valence-electron chi connectivity index (χ4n) is 1.28. The molecule has 2 heterocycles. The quantitative estimate of drug-likeness (QED) is 0.863. The molecule has 0 aliphatic carbocycles. The van der Waals surface area contributed by atoms with Crippen LogP contribution in [0.3, 0.4) is 0 Å². The molecule has 0 saturated heterocycles. The molecule has 6 heteroatoms. The van der Waals surface area contributed by atoms with Gasteiger partial charge in [-0.2, -0.15) is 5.10 Å². The second-order valence-corrected chi connectivity index (χ2v) is 4.18. The maximum atomic E-state index is 8.73. The maximum absolute atomic E-state index is 8.73. The molecule has 0 saturated carbocycles. The molecule has 0 amide bonds. The number of aliphatic hydroxyl groups is 1. The molecule has 0 atom stereocenters. The molecule has 4 nitrogen and oxygen atoms in total. The van der Waals surface area contributed by atoms with Crippen LogP contribution in [-0.2, 0) is 13.1 Å². The van der Waals surface area contributed by atoms with Crippen molar-refractivity contribution >= 4 is 29.4 Å². The van der Waals surface area contributed by atoms with Crippen LogP contribution in [0.25, 0.3) is 0 Å². The molecule has 0 aliphatic rings. The van der Waals surface area contributed by atoms with Crippen LogP contribution in [-0.4, -0.2) is 21.5 Å². The van der Waals surface area contributed by atoms with Crippen LogP contribution in [0.15, 0.2) is 29.9 Å². The van der Waals surface area contributed by atoms with E-state index in [9.17, 15) is 0 Å². The predicted molar refractivity (Wildman–Crippen MR) is 68.2 cm³/mol. The first-order chi connectivity index (χ1) is 7.38. The molecule has 0 fully saturated rings.